The van der Waals surface area contributed by atoms with Crippen molar-refractivity contribution in [1.29, 1.82) is 0 Å². The summed E-state index contributed by atoms with van der Waals surface area (Å²) < 4.78 is 8.16. The van der Waals surface area contributed by atoms with Crippen molar-refractivity contribution >= 4 is 22.8 Å². The number of fused-ring (bicyclic) bond motifs is 1. The van der Waals surface area contributed by atoms with E-state index < -0.39 is 17.5 Å². The van der Waals surface area contributed by atoms with Gasteiger partial charge in [0.05, 0.1) is 0 Å². The molecule has 2 heterocycles. The molecule has 8 nitrogen and oxygen atoms in total. The van der Waals surface area contributed by atoms with Gasteiger partial charge < -0.3 is 14.8 Å². The molecule has 0 amide bonds. The molecule has 1 aromatic carbocycles. The predicted molar refractivity (Wildman–Crippen MR) is 103 cm³/mol. The van der Waals surface area contributed by atoms with Crippen LogP contribution in [0.25, 0.3) is 11.2 Å². The zero-order valence-electron chi connectivity index (χ0n) is 15.1. The quantitative estimate of drug-likeness (QED) is 0.475. The van der Waals surface area contributed by atoms with Gasteiger partial charge in [-0.05, 0) is 37.1 Å². The number of imidazole rings is 1. The number of aryl methyl sites for hydroxylation is 1. The summed E-state index contributed by atoms with van der Waals surface area (Å²) >= 11 is 5.93. The van der Waals surface area contributed by atoms with Gasteiger partial charge in [-0.25, -0.2) is 9.36 Å². The molecule has 0 bridgehead atoms. The number of hydrogen-bond acceptors (Lipinski definition) is 5. The first-order valence-corrected chi connectivity index (χ1v) is 9.16. The number of phenols is 1. The SMILES string of the molecule is CCCCCn1c(=O)n(C(C)Oc2cccc(O)c2)c(=O)c2[nH]c(Cl)nc21. The van der Waals surface area contributed by atoms with Crippen molar-refractivity contribution in [3.63, 3.8) is 0 Å². The van der Waals surface area contributed by atoms with E-state index >= 15 is 0 Å². The number of hydrogen-bond donors (Lipinski definition) is 2. The molecule has 2 aromatic heterocycles. The molecule has 0 spiro atoms. The number of benzene rings is 1. The Morgan fingerprint density at radius 1 is 1.33 bits per heavy atom. The van der Waals surface area contributed by atoms with E-state index in [2.05, 4.69) is 16.9 Å². The van der Waals surface area contributed by atoms with Crippen LogP contribution in [-0.4, -0.2) is 24.2 Å². The van der Waals surface area contributed by atoms with Crippen LogP contribution in [0.5, 0.6) is 11.5 Å². The van der Waals surface area contributed by atoms with Crippen molar-refractivity contribution in [2.45, 2.75) is 45.9 Å². The lowest BCUT2D eigenvalue weighted by atomic mass is 10.2. The molecule has 3 rings (SSSR count). The lowest BCUT2D eigenvalue weighted by molar-refractivity contribution is 0.141. The molecule has 0 aliphatic rings. The van der Waals surface area contributed by atoms with Crippen LogP contribution >= 0.6 is 11.6 Å². The average molecular weight is 393 g/mol. The Morgan fingerprint density at radius 2 is 2.11 bits per heavy atom. The molecule has 0 saturated heterocycles. The number of rotatable bonds is 7. The maximum Gasteiger partial charge on any atom is 0.335 e. The van der Waals surface area contributed by atoms with E-state index in [9.17, 15) is 14.7 Å². The number of ether oxygens (including phenoxy) is 1. The second-order valence-corrected chi connectivity index (χ2v) is 6.62. The summed E-state index contributed by atoms with van der Waals surface area (Å²) in [7, 11) is 0. The smallest absolute Gasteiger partial charge is 0.335 e. The van der Waals surface area contributed by atoms with Gasteiger partial charge >= 0.3 is 5.69 Å². The van der Waals surface area contributed by atoms with E-state index in [-0.39, 0.29) is 22.2 Å². The van der Waals surface area contributed by atoms with Gasteiger partial charge in [0.2, 0.25) is 5.28 Å². The van der Waals surface area contributed by atoms with Gasteiger partial charge in [-0.2, -0.15) is 4.98 Å². The van der Waals surface area contributed by atoms with Crippen molar-refractivity contribution in [2.75, 3.05) is 0 Å². The molecule has 0 saturated carbocycles. The Labute approximate surface area is 160 Å². The first kappa shape index (κ1) is 19.0. The number of unbranched alkanes of at least 4 members (excludes halogenated alkanes) is 2. The summed E-state index contributed by atoms with van der Waals surface area (Å²) in [5.74, 6) is 0.369. The molecule has 1 unspecified atom stereocenters. The topological polar surface area (TPSA) is 102 Å². The monoisotopic (exact) mass is 392 g/mol. The van der Waals surface area contributed by atoms with E-state index in [1.165, 1.54) is 16.7 Å². The van der Waals surface area contributed by atoms with Crippen LogP contribution in [-0.2, 0) is 6.54 Å². The molecular formula is C18H21ClN4O4. The molecular weight excluding hydrogens is 372 g/mol. The number of nitrogens with zero attached hydrogens (tertiary/aromatic N) is 3. The number of phenolic OH excluding ortho intramolecular Hbond substituents is 1. The zero-order chi connectivity index (χ0) is 19.6. The van der Waals surface area contributed by atoms with Gasteiger partial charge in [0.1, 0.15) is 11.5 Å². The minimum Gasteiger partial charge on any atom is -0.508 e. The summed E-state index contributed by atoms with van der Waals surface area (Å²) in [5.41, 5.74) is -0.678. The zero-order valence-corrected chi connectivity index (χ0v) is 15.9. The summed E-state index contributed by atoms with van der Waals surface area (Å²) in [6, 6.07) is 6.16. The van der Waals surface area contributed by atoms with Crippen LogP contribution in [0.15, 0.2) is 33.9 Å². The van der Waals surface area contributed by atoms with Gasteiger partial charge in [0.15, 0.2) is 17.4 Å². The average Bonchev–Trinajstić information content (AvgIpc) is 3.00. The minimum absolute atomic E-state index is 0.0276. The molecule has 0 aliphatic heterocycles. The Kier molecular flexibility index (Phi) is 5.55. The third-order valence-corrected chi connectivity index (χ3v) is 4.43. The number of aromatic nitrogens is 4. The van der Waals surface area contributed by atoms with E-state index in [1.54, 1.807) is 19.1 Å². The summed E-state index contributed by atoms with van der Waals surface area (Å²) in [5, 5.41) is 9.62. The van der Waals surface area contributed by atoms with Crippen LogP contribution in [0, 0.1) is 0 Å². The standard InChI is InChI=1S/C18H21ClN4O4/c1-3-4-5-9-22-15-14(20-17(19)21-15)16(25)23(18(22)26)11(2)27-13-8-6-7-12(24)10-13/h6-8,10-11,24H,3-5,9H2,1-2H3,(H,20,21). The molecule has 3 aromatic rings. The fourth-order valence-electron chi connectivity index (χ4n) is 2.96. The maximum absolute atomic E-state index is 13.0. The summed E-state index contributed by atoms with van der Waals surface area (Å²) in [6.45, 7) is 4.08. The molecule has 0 fully saturated rings. The van der Waals surface area contributed by atoms with Crippen LogP contribution in [0.4, 0.5) is 0 Å². The normalized spacial score (nSPS) is 12.4. The van der Waals surface area contributed by atoms with Crippen LogP contribution in [0.2, 0.25) is 5.28 Å². The first-order chi connectivity index (χ1) is 12.9. The number of H-pyrrole nitrogens is 1. The lowest BCUT2D eigenvalue weighted by Gasteiger charge is -2.18. The summed E-state index contributed by atoms with van der Waals surface area (Å²) in [4.78, 5) is 32.7. The van der Waals surface area contributed by atoms with E-state index in [0.29, 0.717) is 12.3 Å². The first-order valence-electron chi connectivity index (χ1n) is 8.78. The minimum atomic E-state index is -0.893. The van der Waals surface area contributed by atoms with Crippen molar-refractivity contribution in [3.05, 3.63) is 50.4 Å². The molecule has 0 radical (unpaired) electrons. The molecule has 0 aliphatic carbocycles. The highest BCUT2D eigenvalue weighted by Gasteiger charge is 2.21. The Morgan fingerprint density at radius 3 is 2.81 bits per heavy atom. The fraction of sp³-hybridized carbons (Fsp3) is 0.389. The number of nitrogens with one attached hydrogen (secondary N) is 1. The highest BCUT2D eigenvalue weighted by atomic mass is 35.5. The molecule has 27 heavy (non-hydrogen) atoms. The third-order valence-electron chi connectivity index (χ3n) is 4.25. The number of halogens is 1. The Bertz CT molecular complexity index is 1070. The Hall–Kier alpha value is -2.74. The summed E-state index contributed by atoms with van der Waals surface area (Å²) in [6.07, 6.45) is 1.82. The van der Waals surface area contributed by atoms with Crippen molar-refractivity contribution in [2.24, 2.45) is 0 Å². The number of aromatic hydroxyl groups is 1. The van der Waals surface area contributed by atoms with Gasteiger partial charge in [0, 0.05) is 12.6 Å². The van der Waals surface area contributed by atoms with Crippen LogP contribution in [0.3, 0.4) is 0 Å². The van der Waals surface area contributed by atoms with Crippen molar-refractivity contribution in [1.82, 2.24) is 19.1 Å². The second kappa shape index (κ2) is 7.87. The largest absolute Gasteiger partial charge is 0.508 e. The number of aromatic amines is 1. The van der Waals surface area contributed by atoms with Gasteiger partial charge in [-0.3, -0.25) is 9.36 Å². The predicted octanol–water partition coefficient (Wildman–Crippen LogP) is 3.03. The van der Waals surface area contributed by atoms with Gasteiger partial charge in [0.25, 0.3) is 5.56 Å². The Balaban J connectivity index is 2.08. The van der Waals surface area contributed by atoms with Gasteiger partial charge in [-0.15, -0.1) is 0 Å². The highest BCUT2D eigenvalue weighted by molar-refractivity contribution is 6.28. The van der Waals surface area contributed by atoms with Gasteiger partial charge in [-0.1, -0.05) is 25.8 Å². The fourth-order valence-corrected chi connectivity index (χ4v) is 3.13. The van der Waals surface area contributed by atoms with Crippen molar-refractivity contribution in [3.8, 4) is 11.5 Å². The molecule has 1 atom stereocenters. The molecule has 9 heteroatoms. The van der Waals surface area contributed by atoms with Crippen LogP contribution < -0.4 is 16.0 Å². The van der Waals surface area contributed by atoms with Crippen LogP contribution in [0.1, 0.15) is 39.3 Å². The van der Waals surface area contributed by atoms with E-state index in [4.69, 9.17) is 16.3 Å². The lowest BCUT2D eigenvalue weighted by Crippen LogP contribution is -2.43. The third kappa shape index (κ3) is 3.85. The second-order valence-electron chi connectivity index (χ2n) is 6.26. The molecule has 144 valence electrons. The van der Waals surface area contributed by atoms with E-state index in [0.717, 1.165) is 23.8 Å². The van der Waals surface area contributed by atoms with E-state index in [1.807, 2.05) is 0 Å². The highest BCUT2D eigenvalue weighted by Crippen LogP contribution is 2.21. The maximum atomic E-state index is 13.0. The molecule has 2 N–H and O–H groups in total. The van der Waals surface area contributed by atoms with Crippen molar-refractivity contribution < 1.29 is 9.84 Å².